The minimum absolute atomic E-state index is 1.51. The molecule has 0 aliphatic heterocycles. The highest BCUT2D eigenvalue weighted by atomic mass is 31.1. The molecule has 0 saturated heterocycles. The molecule has 0 aromatic heterocycles. The molecule has 6 heteroatoms. The third-order valence-electron chi connectivity index (χ3n) is 1.21. The van der Waals surface area contributed by atoms with Gasteiger partial charge in [0, 0.05) is 42.3 Å². The normalized spacial score (nSPS) is 13.7. The van der Waals surface area contributed by atoms with E-state index in [0.29, 0.717) is 0 Å². The maximum Gasteiger partial charge on any atom is 0.568 e. The summed E-state index contributed by atoms with van der Waals surface area (Å²) in [7, 11) is 9.50. The molecule has 1 unspecified atom stereocenters. The summed E-state index contributed by atoms with van der Waals surface area (Å²) in [5, 5.41) is 3.58. The van der Waals surface area contributed by atoms with E-state index in [9.17, 15) is 4.57 Å². The van der Waals surface area contributed by atoms with Crippen molar-refractivity contribution in [2.24, 2.45) is 0 Å². The molecule has 0 aromatic carbocycles. The van der Waals surface area contributed by atoms with E-state index in [0.717, 1.165) is 0 Å². The Bertz CT molecular complexity index is 152. The van der Waals surface area contributed by atoms with E-state index in [-0.39, 0.29) is 0 Å². The number of hydrogen-bond acceptors (Lipinski definition) is 3. The van der Waals surface area contributed by atoms with Gasteiger partial charge in [0.1, 0.15) is 0 Å². The molecule has 0 amide bonds. The molecule has 12 heavy (non-hydrogen) atoms. The highest BCUT2D eigenvalue weighted by Gasteiger charge is 2.35. The van der Waals surface area contributed by atoms with Crippen LogP contribution in [0.2, 0.25) is 0 Å². The van der Waals surface area contributed by atoms with Crippen molar-refractivity contribution in [2.45, 2.75) is 0 Å². The second-order valence-corrected chi connectivity index (χ2v) is 4.73. The van der Waals surface area contributed by atoms with Gasteiger partial charge in [0.05, 0.1) is 4.89 Å². The summed E-state index contributed by atoms with van der Waals surface area (Å²) in [6.07, 6.45) is 0. The van der Waals surface area contributed by atoms with Crippen LogP contribution in [-0.4, -0.2) is 61.9 Å². The average molecular weight is 193 g/mol. The molecule has 1 atom stereocenters. The van der Waals surface area contributed by atoms with Gasteiger partial charge < -0.3 is 0 Å². The van der Waals surface area contributed by atoms with E-state index in [4.69, 9.17) is 0 Å². The fourth-order valence-electron chi connectivity index (χ4n) is 0.824. The summed E-state index contributed by atoms with van der Waals surface area (Å²) in [5.41, 5.74) is 0. The van der Waals surface area contributed by atoms with Gasteiger partial charge in [-0.3, -0.25) is 0 Å². The first-order chi connectivity index (χ1) is 5.37. The molecule has 0 fully saturated rings. The van der Waals surface area contributed by atoms with Crippen LogP contribution in [0.5, 0.6) is 0 Å². The predicted octanol–water partition coefficient (Wildman–Crippen LogP) is 0.461. The maximum atomic E-state index is 11.6. The first-order valence-corrected chi connectivity index (χ1v) is 4.83. The van der Waals surface area contributed by atoms with Crippen LogP contribution in [0.1, 0.15) is 0 Å². The Labute approximate surface area is 75.4 Å². The molecule has 0 rings (SSSR count). The van der Waals surface area contributed by atoms with Crippen LogP contribution in [-0.2, 0) is 4.57 Å². The minimum atomic E-state index is -1.51. The molecule has 0 spiro atoms. The molecule has 0 saturated carbocycles. The predicted molar refractivity (Wildman–Crippen MR) is 50.5 cm³/mol. The highest BCUT2D eigenvalue weighted by Crippen LogP contribution is 2.29. The van der Waals surface area contributed by atoms with E-state index in [1.165, 1.54) is 0 Å². The van der Waals surface area contributed by atoms with Crippen molar-refractivity contribution >= 4 is 8.10 Å². The van der Waals surface area contributed by atoms with Crippen molar-refractivity contribution in [1.82, 2.24) is 19.6 Å². The summed E-state index contributed by atoms with van der Waals surface area (Å²) in [6.45, 7) is 0. The van der Waals surface area contributed by atoms with Gasteiger partial charge in [-0.1, -0.05) is 4.67 Å². The molecule has 0 aromatic rings. The Morgan fingerprint density at radius 3 is 1.25 bits per heavy atom. The molecule has 0 aliphatic carbocycles. The molecule has 5 nitrogen and oxygen atoms in total. The van der Waals surface area contributed by atoms with Crippen LogP contribution in [0.3, 0.4) is 0 Å². The number of nitrogens with zero attached hydrogens (tertiary/aromatic N) is 4. The lowest BCUT2D eigenvalue weighted by Gasteiger charge is -2.23. The molecule has 0 radical (unpaired) electrons. The van der Waals surface area contributed by atoms with Crippen LogP contribution in [0.15, 0.2) is 0 Å². The second kappa shape index (κ2) is 4.84. The third-order valence-corrected chi connectivity index (χ3v) is 2.92. The van der Waals surface area contributed by atoms with E-state index in [1.807, 2.05) is 28.2 Å². The van der Waals surface area contributed by atoms with E-state index >= 15 is 0 Å². The molecular formula is C6H18N4OP+. The van der Waals surface area contributed by atoms with Crippen molar-refractivity contribution in [1.29, 1.82) is 0 Å². The zero-order valence-electron chi connectivity index (χ0n) is 8.64. The van der Waals surface area contributed by atoms with Crippen LogP contribution < -0.4 is 0 Å². The Hall–Kier alpha value is -0.0600. The monoisotopic (exact) mass is 193 g/mol. The van der Waals surface area contributed by atoms with Crippen LogP contribution in [0, 0.1) is 0 Å². The molecule has 0 aliphatic rings. The molecular weight excluding hydrogens is 175 g/mol. The number of hydrogen-bond donors (Lipinski definition) is 0. The molecule has 72 valence electrons. The zero-order chi connectivity index (χ0) is 9.89. The number of rotatable bonds is 4. The third kappa shape index (κ3) is 3.13. The van der Waals surface area contributed by atoms with Gasteiger partial charge in [0.25, 0.3) is 0 Å². The van der Waals surface area contributed by atoms with E-state index < -0.39 is 8.10 Å². The summed E-state index contributed by atoms with van der Waals surface area (Å²) >= 11 is 0. The summed E-state index contributed by atoms with van der Waals surface area (Å²) in [6, 6.07) is 0. The van der Waals surface area contributed by atoms with Gasteiger partial charge >= 0.3 is 8.10 Å². The largest absolute Gasteiger partial charge is 0.568 e. The standard InChI is InChI=1S/C6H18N4OP/c1-7(2)10(8(3)4)12(11)9(5)6/h1-6H3/q+1. The lowest BCUT2D eigenvalue weighted by Crippen LogP contribution is -2.42. The van der Waals surface area contributed by atoms with Crippen molar-refractivity contribution in [3.8, 4) is 0 Å². The SMILES string of the molecule is CN(C)N(N(C)C)[P+](=O)N(C)C. The zero-order valence-corrected chi connectivity index (χ0v) is 9.54. The first-order valence-electron chi connectivity index (χ1n) is 3.67. The molecule has 0 N–H and O–H groups in total. The smallest absolute Gasteiger partial charge is 0.190 e. The molecule has 0 bridgehead atoms. The summed E-state index contributed by atoms with van der Waals surface area (Å²) in [5.74, 6) is 0. The topological polar surface area (TPSA) is 30.0 Å². The maximum absolute atomic E-state index is 11.6. The number of hydrazine groups is 2. The van der Waals surface area contributed by atoms with Gasteiger partial charge in [-0.25, -0.2) is 0 Å². The minimum Gasteiger partial charge on any atom is -0.190 e. The molecule has 0 heterocycles. The van der Waals surface area contributed by atoms with Gasteiger partial charge in [-0.05, 0) is 4.57 Å². The average Bonchev–Trinajstić information content (AvgIpc) is 1.85. The van der Waals surface area contributed by atoms with Crippen LogP contribution in [0.4, 0.5) is 0 Å². The van der Waals surface area contributed by atoms with E-state index in [2.05, 4.69) is 0 Å². The first kappa shape index (κ1) is 11.9. The lowest BCUT2D eigenvalue weighted by molar-refractivity contribution is -0.0475. The van der Waals surface area contributed by atoms with Crippen molar-refractivity contribution < 1.29 is 4.57 Å². The Balaban J connectivity index is 4.41. The summed E-state index contributed by atoms with van der Waals surface area (Å²) in [4.78, 5) is 1.68. The quantitative estimate of drug-likeness (QED) is 0.478. The fourth-order valence-corrected chi connectivity index (χ4v) is 1.76. The van der Waals surface area contributed by atoms with Crippen molar-refractivity contribution in [3.63, 3.8) is 0 Å². The van der Waals surface area contributed by atoms with Crippen LogP contribution in [0.25, 0.3) is 0 Å². The Morgan fingerprint density at radius 2 is 1.17 bits per heavy atom. The Morgan fingerprint density at radius 1 is 0.833 bits per heavy atom. The lowest BCUT2D eigenvalue weighted by atomic mass is 11.1. The van der Waals surface area contributed by atoms with Crippen molar-refractivity contribution in [2.75, 3.05) is 42.3 Å². The second-order valence-electron chi connectivity index (χ2n) is 3.06. The van der Waals surface area contributed by atoms with Gasteiger partial charge in [0.2, 0.25) is 0 Å². The van der Waals surface area contributed by atoms with Gasteiger partial charge in [0.15, 0.2) is 0 Å². The van der Waals surface area contributed by atoms with Crippen LogP contribution >= 0.6 is 8.10 Å². The Kier molecular flexibility index (Phi) is 4.82. The van der Waals surface area contributed by atoms with Crippen molar-refractivity contribution in [3.05, 3.63) is 0 Å². The van der Waals surface area contributed by atoms with Gasteiger partial charge in [-0.15, -0.1) is 0 Å². The fraction of sp³-hybridized carbons (Fsp3) is 1.00. The van der Waals surface area contributed by atoms with Gasteiger partial charge in [-0.2, -0.15) is 10.0 Å². The van der Waals surface area contributed by atoms with E-state index in [1.54, 1.807) is 33.7 Å². The highest BCUT2D eigenvalue weighted by molar-refractivity contribution is 7.38. The summed E-state index contributed by atoms with van der Waals surface area (Å²) < 4.78 is 13.3.